The summed E-state index contributed by atoms with van der Waals surface area (Å²) < 4.78 is 0. The molecule has 0 radical (unpaired) electrons. The summed E-state index contributed by atoms with van der Waals surface area (Å²) in [7, 11) is 0. The van der Waals surface area contributed by atoms with Crippen molar-refractivity contribution in [1.29, 1.82) is 0 Å². The van der Waals surface area contributed by atoms with Gasteiger partial charge in [-0.15, -0.1) is 0 Å². The van der Waals surface area contributed by atoms with Gasteiger partial charge in [-0.05, 0) is 30.6 Å². The van der Waals surface area contributed by atoms with E-state index in [0.717, 1.165) is 18.4 Å². The van der Waals surface area contributed by atoms with Crippen LogP contribution in [-0.2, 0) is 4.79 Å². The van der Waals surface area contributed by atoms with E-state index in [1.54, 1.807) is 6.92 Å². The average molecular weight is 181 g/mol. The van der Waals surface area contributed by atoms with Gasteiger partial charge in [-0.25, -0.2) is 0 Å². The predicted octanol–water partition coefficient (Wildman–Crippen LogP) is 1.90. The van der Waals surface area contributed by atoms with Crippen LogP contribution in [0.25, 0.3) is 0 Å². The lowest BCUT2D eigenvalue weighted by molar-refractivity contribution is -0.133. The van der Waals surface area contributed by atoms with Gasteiger partial charge in [0.15, 0.2) is 0 Å². The van der Waals surface area contributed by atoms with E-state index in [9.17, 15) is 4.79 Å². The average Bonchev–Trinajstić information content (AvgIpc) is 2.78. The van der Waals surface area contributed by atoms with E-state index < -0.39 is 0 Å². The Labute approximate surface area is 80.3 Å². The molecule has 2 heteroatoms. The highest BCUT2D eigenvalue weighted by Gasteiger charge is 2.46. The Kier molecular flexibility index (Phi) is 2.09. The summed E-state index contributed by atoms with van der Waals surface area (Å²) in [5.41, 5.74) is 0. The number of carbonyl (C=O) groups excluding carboxylic acids is 1. The molecule has 13 heavy (non-hydrogen) atoms. The van der Waals surface area contributed by atoms with Gasteiger partial charge in [-0.2, -0.15) is 0 Å². The number of hydrogen-bond acceptors (Lipinski definition) is 1. The van der Waals surface area contributed by atoms with Crippen molar-refractivity contribution in [3.8, 4) is 0 Å². The standard InChI is InChI=1S/C11H19NO/c1-7(2)11-5-9-4-10(9)6-12(11)8(3)13/h7,9-11H,4-6H2,1-3H3. The SMILES string of the molecule is CC(=O)N1CC2CC2CC1C(C)C. The second-order valence-electron chi connectivity index (χ2n) is 4.97. The zero-order chi connectivity index (χ0) is 9.59. The lowest BCUT2D eigenvalue weighted by Gasteiger charge is -2.37. The van der Waals surface area contributed by atoms with Crippen LogP contribution < -0.4 is 0 Å². The van der Waals surface area contributed by atoms with Gasteiger partial charge in [0.2, 0.25) is 5.91 Å². The number of rotatable bonds is 1. The van der Waals surface area contributed by atoms with Crippen molar-refractivity contribution in [3.63, 3.8) is 0 Å². The van der Waals surface area contributed by atoms with Crippen LogP contribution >= 0.6 is 0 Å². The summed E-state index contributed by atoms with van der Waals surface area (Å²) in [5.74, 6) is 2.68. The third-order valence-corrected chi connectivity index (χ3v) is 3.62. The minimum absolute atomic E-state index is 0.268. The summed E-state index contributed by atoms with van der Waals surface area (Å²) in [6, 6.07) is 0.515. The molecule has 0 aromatic carbocycles. The molecule has 0 bridgehead atoms. The van der Waals surface area contributed by atoms with Crippen LogP contribution in [0.5, 0.6) is 0 Å². The molecular weight excluding hydrogens is 162 g/mol. The zero-order valence-electron chi connectivity index (χ0n) is 8.79. The van der Waals surface area contributed by atoms with E-state index in [-0.39, 0.29) is 5.91 Å². The van der Waals surface area contributed by atoms with Crippen molar-refractivity contribution in [3.05, 3.63) is 0 Å². The van der Waals surface area contributed by atoms with Crippen molar-refractivity contribution in [2.45, 2.75) is 39.7 Å². The van der Waals surface area contributed by atoms with Gasteiger partial charge in [-0.3, -0.25) is 4.79 Å². The minimum Gasteiger partial charge on any atom is -0.339 e. The quantitative estimate of drug-likeness (QED) is 0.605. The Morgan fingerprint density at radius 2 is 2.00 bits per heavy atom. The van der Waals surface area contributed by atoms with Gasteiger partial charge >= 0.3 is 0 Å². The number of likely N-dealkylation sites (tertiary alicyclic amines) is 1. The molecule has 1 saturated heterocycles. The number of nitrogens with zero attached hydrogens (tertiary/aromatic N) is 1. The normalized spacial score (nSPS) is 37.5. The minimum atomic E-state index is 0.268. The van der Waals surface area contributed by atoms with Gasteiger partial charge in [-0.1, -0.05) is 13.8 Å². The zero-order valence-corrected chi connectivity index (χ0v) is 8.79. The third-order valence-electron chi connectivity index (χ3n) is 3.62. The first-order valence-electron chi connectivity index (χ1n) is 5.36. The molecule has 1 amide bonds. The summed E-state index contributed by atoms with van der Waals surface area (Å²) in [5, 5.41) is 0. The number of carbonyl (C=O) groups is 1. The first kappa shape index (κ1) is 9.04. The maximum atomic E-state index is 11.4. The monoisotopic (exact) mass is 181 g/mol. The Morgan fingerprint density at radius 1 is 1.31 bits per heavy atom. The molecule has 3 unspecified atom stereocenters. The van der Waals surface area contributed by atoms with Gasteiger partial charge in [0.1, 0.15) is 0 Å². The third kappa shape index (κ3) is 1.59. The fourth-order valence-electron chi connectivity index (χ4n) is 2.64. The topological polar surface area (TPSA) is 20.3 Å². The summed E-state index contributed by atoms with van der Waals surface area (Å²) in [6.45, 7) is 7.19. The molecule has 2 nitrogen and oxygen atoms in total. The highest BCUT2D eigenvalue weighted by molar-refractivity contribution is 5.73. The van der Waals surface area contributed by atoms with Crippen molar-refractivity contribution >= 4 is 5.91 Å². The second kappa shape index (κ2) is 3.00. The van der Waals surface area contributed by atoms with Crippen molar-refractivity contribution in [1.82, 2.24) is 4.90 Å². The van der Waals surface area contributed by atoms with E-state index in [2.05, 4.69) is 18.7 Å². The first-order valence-corrected chi connectivity index (χ1v) is 5.36. The molecule has 1 aliphatic carbocycles. The van der Waals surface area contributed by atoms with Crippen LogP contribution in [0.1, 0.15) is 33.6 Å². The Balaban J connectivity index is 2.07. The summed E-state index contributed by atoms with van der Waals surface area (Å²) in [6.07, 6.45) is 2.62. The molecule has 2 fully saturated rings. The maximum absolute atomic E-state index is 11.4. The molecule has 0 aromatic rings. The van der Waals surface area contributed by atoms with Crippen LogP contribution in [0.15, 0.2) is 0 Å². The van der Waals surface area contributed by atoms with Gasteiger partial charge in [0.05, 0.1) is 0 Å². The van der Waals surface area contributed by atoms with E-state index in [1.165, 1.54) is 12.8 Å². The lowest BCUT2D eigenvalue weighted by Crippen LogP contribution is -2.46. The van der Waals surface area contributed by atoms with E-state index in [1.807, 2.05) is 0 Å². The second-order valence-corrected chi connectivity index (χ2v) is 4.97. The van der Waals surface area contributed by atoms with E-state index in [0.29, 0.717) is 12.0 Å². The number of amides is 1. The fourth-order valence-corrected chi connectivity index (χ4v) is 2.64. The lowest BCUT2D eigenvalue weighted by atomic mass is 9.92. The molecule has 74 valence electrons. The molecule has 1 heterocycles. The van der Waals surface area contributed by atoms with Gasteiger partial charge in [0.25, 0.3) is 0 Å². The number of fused-ring (bicyclic) bond motifs is 1. The molecule has 2 aliphatic rings. The molecule has 1 aliphatic heterocycles. The van der Waals surface area contributed by atoms with Crippen molar-refractivity contribution in [2.75, 3.05) is 6.54 Å². The van der Waals surface area contributed by atoms with Gasteiger partial charge in [0, 0.05) is 19.5 Å². The van der Waals surface area contributed by atoms with Crippen LogP contribution in [0, 0.1) is 17.8 Å². The molecule has 0 aromatic heterocycles. The molecule has 0 spiro atoms. The van der Waals surface area contributed by atoms with E-state index >= 15 is 0 Å². The predicted molar refractivity (Wildman–Crippen MR) is 52.2 cm³/mol. The molecule has 0 N–H and O–H groups in total. The Morgan fingerprint density at radius 3 is 2.54 bits per heavy atom. The molecular formula is C11H19NO. The van der Waals surface area contributed by atoms with Crippen LogP contribution in [0.4, 0.5) is 0 Å². The Bertz CT molecular complexity index is 224. The largest absolute Gasteiger partial charge is 0.339 e. The summed E-state index contributed by atoms with van der Waals surface area (Å²) in [4.78, 5) is 13.5. The van der Waals surface area contributed by atoms with E-state index in [4.69, 9.17) is 0 Å². The molecule has 1 saturated carbocycles. The highest BCUT2D eigenvalue weighted by Crippen LogP contribution is 2.48. The maximum Gasteiger partial charge on any atom is 0.219 e. The Hall–Kier alpha value is -0.530. The van der Waals surface area contributed by atoms with Crippen molar-refractivity contribution in [2.24, 2.45) is 17.8 Å². The number of hydrogen-bond donors (Lipinski definition) is 0. The highest BCUT2D eigenvalue weighted by atomic mass is 16.2. The fraction of sp³-hybridized carbons (Fsp3) is 0.909. The van der Waals surface area contributed by atoms with Crippen LogP contribution in [0.3, 0.4) is 0 Å². The van der Waals surface area contributed by atoms with Crippen LogP contribution in [0.2, 0.25) is 0 Å². The van der Waals surface area contributed by atoms with Crippen molar-refractivity contribution < 1.29 is 4.79 Å². The molecule has 2 rings (SSSR count). The van der Waals surface area contributed by atoms with Crippen LogP contribution in [-0.4, -0.2) is 23.4 Å². The van der Waals surface area contributed by atoms with Gasteiger partial charge < -0.3 is 4.90 Å². The smallest absolute Gasteiger partial charge is 0.219 e. The number of piperidine rings is 1. The first-order chi connectivity index (χ1) is 6.09. The molecule has 3 atom stereocenters. The summed E-state index contributed by atoms with van der Waals surface area (Å²) >= 11 is 0.